The lowest BCUT2D eigenvalue weighted by molar-refractivity contribution is 0.251. The van der Waals surface area contributed by atoms with Crippen molar-refractivity contribution in [1.29, 1.82) is 0 Å². The van der Waals surface area contributed by atoms with E-state index >= 15 is 0 Å². The summed E-state index contributed by atoms with van der Waals surface area (Å²) in [7, 11) is -2.97. The van der Waals surface area contributed by atoms with Gasteiger partial charge in [0.05, 0.1) is 5.75 Å². The number of nitrogens with zero attached hydrogens (tertiary/aromatic N) is 1. The van der Waals surface area contributed by atoms with Gasteiger partial charge in [0.25, 0.3) is 0 Å². The highest BCUT2D eigenvalue weighted by atomic mass is 32.2. The van der Waals surface area contributed by atoms with Gasteiger partial charge in [0.1, 0.15) is 0 Å². The van der Waals surface area contributed by atoms with Crippen LogP contribution in [0.5, 0.6) is 0 Å². The second-order valence-corrected chi connectivity index (χ2v) is 7.39. The predicted molar refractivity (Wildman–Crippen MR) is 64.7 cm³/mol. The second kappa shape index (κ2) is 4.63. The van der Waals surface area contributed by atoms with E-state index in [0.29, 0.717) is 30.8 Å². The van der Waals surface area contributed by atoms with Gasteiger partial charge in [-0.2, -0.15) is 0 Å². The van der Waals surface area contributed by atoms with Crippen molar-refractivity contribution in [2.24, 2.45) is 11.8 Å². The molecule has 4 nitrogen and oxygen atoms in total. The zero-order chi connectivity index (χ0) is 11.8. The third-order valence-corrected chi connectivity index (χ3v) is 5.81. The van der Waals surface area contributed by atoms with Crippen LogP contribution in [-0.4, -0.2) is 44.2 Å². The topological polar surface area (TPSA) is 49.4 Å². The number of hydrogen-bond acceptors (Lipinski definition) is 3. The molecule has 1 N–H and O–H groups in total. The first-order valence-corrected chi connectivity index (χ1v) is 7.81. The van der Waals surface area contributed by atoms with Gasteiger partial charge in [-0.15, -0.1) is 0 Å². The highest BCUT2D eigenvalue weighted by Gasteiger charge is 2.36. The van der Waals surface area contributed by atoms with E-state index in [9.17, 15) is 8.42 Å². The Hall–Kier alpha value is -0.130. The summed E-state index contributed by atoms with van der Waals surface area (Å²) < 4.78 is 25.4. The largest absolute Gasteiger partial charge is 0.312 e. The van der Waals surface area contributed by atoms with Gasteiger partial charge in [-0.05, 0) is 31.2 Å². The van der Waals surface area contributed by atoms with Crippen molar-refractivity contribution in [2.75, 3.05) is 25.4 Å². The molecule has 0 aromatic heterocycles. The van der Waals surface area contributed by atoms with Crippen LogP contribution in [-0.2, 0) is 10.0 Å². The lowest BCUT2D eigenvalue weighted by atomic mass is 9.93. The molecule has 0 radical (unpaired) electrons. The second-order valence-electron chi connectivity index (χ2n) is 5.38. The maximum Gasteiger partial charge on any atom is 0.214 e. The zero-order valence-corrected chi connectivity index (χ0v) is 11.0. The highest BCUT2D eigenvalue weighted by Crippen LogP contribution is 2.23. The monoisotopic (exact) mass is 246 g/mol. The molecule has 16 heavy (non-hydrogen) atoms. The van der Waals surface area contributed by atoms with Crippen LogP contribution in [0, 0.1) is 11.8 Å². The van der Waals surface area contributed by atoms with E-state index in [1.807, 2.05) is 6.92 Å². The lowest BCUT2D eigenvalue weighted by Gasteiger charge is -2.32. The molecule has 3 unspecified atom stereocenters. The van der Waals surface area contributed by atoms with Crippen LogP contribution in [0.3, 0.4) is 0 Å². The SMILES string of the molecule is CC1CN(CC2NCCCC2C)S(=O)(=O)C1. The third kappa shape index (κ3) is 2.57. The van der Waals surface area contributed by atoms with Crippen molar-refractivity contribution < 1.29 is 8.42 Å². The first kappa shape index (κ1) is 12.3. The minimum atomic E-state index is -2.97. The lowest BCUT2D eigenvalue weighted by Crippen LogP contribution is -2.48. The summed E-state index contributed by atoms with van der Waals surface area (Å²) in [6.07, 6.45) is 2.42. The molecule has 0 aliphatic carbocycles. The Bertz CT molecular complexity index is 342. The molecule has 0 aromatic rings. The Balaban J connectivity index is 1.99. The molecule has 2 rings (SSSR count). The van der Waals surface area contributed by atoms with Crippen LogP contribution < -0.4 is 5.32 Å². The van der Waals surface area contributed by atoms with Gasteiger partial charge in [0.2, 0.25) is 10.0 Å². The molecule has 0 aromatic carbocycles. The Labute approximate surface area is 98.4 Å². The Morgan fingerprint density at radius 1 is 1.38 bits per heavy atom. The normalized spacial score (nSPS) is 40.0. The molecular weight excluding hydrogens is 224 g/mol. The van der Waals surface area contributed by atoms with Gasteiger partial charge in [-0.25, -0.2) is 12.7 Å². The van der Waals surface area contributed by atoms with E-state index in [2.05, 4.69) is 12.2 Å². The first-order chi connectivity index (χ1) is 7.49. The smallest absolute Gasteiger partial charge is 0.214 e. The van der Waals surface area contributed by atoms with Crippen molar-refractivity contribution in [2.45, 2.75) is 32.7 Å². The van der Waals surface area contributed by atoms with Crippen LogP contribution in [0.1, 0.15) is 26.7 Å². The molecule has 2 fully saturated rings. The highest BCUT2D eigenvalue weighted by molar-refractivity contribution is 7.89. The number of piperidine rings is 1. The molecule has 0 amide bonds. The van der Waals surface area contributed by atoms with E-state index < -0.39 is 10.0 Å². The van der Waals surface area contributed by atoms with Crippen LogP contribution in [0.4, 0.5) is 0 Å². The van der Waals surface area contributed by atoms with Crippen molar-refractivity contribution >= 4 is 10.0 Å². The Morgan fingerprint density at radius 3 is 2.69 bits per heavy atom. The Kier molecular flexibility index (Phi) is 3.56. The molecular formula is C11H22N2O2S. The molecule has 2 aliphatic rings. The first-order valence-electron chi connectivity index (χ1n) is 6.20. The van der Waals surface area contributed by atoms with E-state index in [0.717, 1.165) is 6.54 Å². The van der Waals surface area contributed by atoms with Crippen molar-refractivity contribution in [3.8, 4) is 0 Å². The molecule has 0 spiro atoms. The average Bonchev–Trinajstić information content (AvgIpc) is 2.43. The van der Waals surface area contributed by atoms with Gasteiger partial charge in [-0.3, -0.25) is 0 Å². The van der Waals surface area contributed by atoms with Crippen molar-refractivity contribution in [3.05, 3.63) is 0 Å². The summed E-state index contributed by atoms with van der Waals surface area (Å²) in [6, 6.07) is 0.342. The number of sulfonamides is 1. The molecule has 2 saturated heterocycles. The number of hydrogen-bond donors (Lipinski definition) is 1. The fourth-order valence-corrected chi connectivity index (χ4v) is 4.65. The molecule has 5 heteroatoms. The summed E-state index contributed by atoms with van der Waals surface area (Å²) >= 11 is 0. The molecule has 0 saturated carbocycles. The molecule has 2 aliphatic heterocycles. The summed E-state index contributed by atoms with van der Waals surface area (Å²) in [5, 5.41) is 3.44. The van der Waals surface area contributed by atoms with Gasteiger partial charge < -0.3 is 5.32 Å². The van der Waals surface area contributed by atoms with E-state index in [1.165, 1.54) is 12.8 Å². The fourth-order valence-electron chi connectivity index (χ4n) is 2.74. The van der Waals surface area contributed by atoms with Gasteiger partial charge in [0, 0.05) is 19.1 Å². The predicted octanol–water partition coefficient (Wildman–Crippen LogP) is 0.656. The molecule has 2 heterocycles. The summed E-state index contributed by atoms with van der Waals surface area (Å²) in [5.74, 6) is 1.19. The minimum Gasteiger partial charge on any atom is -0.312 e. The average molecular weight is 246 g/mol. The minimum absolute atomic E-state index is 0.281. The maximum atomic E-state index is 11.9. The molecule has 94 valence electrons. The van der Waals surface area contributed by atoms with Gasteiger partial charge in [0.15, 0.2) is 0 Å². The van der Waals surface area contributed by atoms with Crippen LogP contribution in [0.15, 0.2) is 0 Å². The van der Waals surface area contributed by atoms with Crippen LogP contribution in [0.2, 0.25) is 0 Å². The van der Waals surface area contributed by atoms with E-state index in [4.69, 9.17) is 0 Å². The zero-order valence-electron chi connectivity index (χ0n) is 10.1. The summed E-state index contributed by atoms with van der Waals surface area (Å²) in [5.41, 5.74) is 0. The van der Waals surface area contributed by atoms with Crippen molar-refractivity contribution in [3.63, 3.8) is 0 Å². The summed E-state index contributed by atoms with van der Waals surface area (Å²) in [6.45, 7) is 6.61. The van der Waals surface area contributed by atoms with Crippen molar-refractivity contribution in [1.82, 2.24) is 9.62 Å². The number of rotatable bonds is 2. The standard InChI is InChI=1S/C11H22N2O2S/c1-9-6-13(16(14,15)8-9)7-11-10(2)4-3-5-12-11/h9-12H,3-8H2,1-2H3. The van der Waals surface area contributed by atoms with Gasteiger partial charge in [-0.1, -0.05) is 13.8 Å². The third-order valence-electron chi connectivity index (χ3n) is 3.73. The molecule has 0 bridgehead atoms. The van der Waals surface area contributed by atoms with Crippen LogP contribution in [0.25, 0.3) is 0 Å². The maximum absolute atomic E-state index is 11.9. The fraction of sp³-hybridized carbons (Fsp3) is 1.00. The quantitative estimate of drug-likeness (QED) is 0.778. The van der Waals surface area contributed by atoms with Gasteiger partial charge >= 0.3 is 0 Å². The Morgan fingerprint density at radius 2 is 2.12 bits per heavy atom. The van der Waals surface area contributed by atoms with Crippen LogP contribution >= 0.6 is 0 Å². The molecule has 3 atom stereocenters. The van der Waals surface area contributed by atoms with E-state index in [-0.39, 0.29) is 5.92 Å². The summed E-state index contributed by atoms with van der Waals surface area (Å²) in [4.78, 5) is 0. The number of nitrogens with one attached hydrogen (secondary N) is 1. The van der Waals surface area contributed by atoms with E-state index in [1.54, 1.807) is 4.31 Å².